The Morgan fingerprint density at radius 1 is 0.667 bits per heavy atom. The number of carboxylic acid groups (broad SMARTS) is 3. The lowest BCUT2D eigenvalue weighted by atomic mass is 10.0. The van der Waals surface area contributed by atoms with Gasteiger partial charge >= 0.3 is 11.9 Å². The molecule has 0 aromatic heterocycles. The number of rotatable bonds is 22. The summed E-state index contributed by atoms with van der Waals surface area (Å²) < 4.78 is -0.499. The molecule has 2 N–H and O–H groups in total. The Bertz CT molecular complexity index is 465. The molecule has 0 radical (unpaired) electrons. The zero-order valence-corrected chi connectivity index (χ0v) is 18.5. The molecule has 30 heavy (non-hydrogen) atoms. The van der Waals surface area contributed by atoms with E-state index in [0.717, 1.165) is 25.7 Å². The van der Waals surface area contributed by atoms with Crippen molar-refractivity contribution in [3.8, 4) is 0 Å². The van der Waals surface area contributed by atoms with Crippen LogP contribution in [0.1, 0.15) is 89.9 Å². The summed E-state index contributed by atoms with van der Waals surface area (Å²) in [6, 6.07) is 0. The lowest BCUT2D eigenvalue weighted by molar-refractivity contribution is -0.909. The van der Waals surface area contributed by atoms with E-state index in [-0.39, 0.29) is 6.54 Å². The zero-order valence-electron chi connectivity index (χ0n) is 18.5. The molecule has 0 aliphatic heterocycles. The summed E-state index contributed by atoms with van der Waals surface area (Å²) in [6.45, 7) is 2.33. The van der Waals surface area contributed by atoms with Gasteiger partial charge < -0.3 is 24.6 Å². The van der Waals surface area contributed by atoms with E-state index in [2.05, 4.69) is 6.58 Å². The number of hydrogen-bond donors (Lipinski definition) is 2. The van der Waals surface area contributed by atoms with Crippen LogP contribution in [0.5, 0.6) is 0 Å². The van der Waals surface area contributed by atoms with Crippen LogP contribution in [0, 0.1) is 0 Å². The van der Waals surface area contributed by atoms with E-state index in [4.69, 9.17) is 10.2 Å². The Morgan fingerprint density at radius 3 is 1.37 bits per heavy atom. The molecule has 0 rings (SSSR count). The third-order valence-corrected chi connectivity index (χ3v) is 5.45. The summed E-state index contributed by atoms with van der Waals surface area (Å²) in [5, 5.41) is 29.2. The normalized spacial score (nSPS) is 11.3. The smallest absolute Gasteiger partial charge is 0.359 e. The molecule has 0 bridgehead atoms. The summed E-state index contributed by atoms with van der Waals surface area (Å²) >= 11 is 0. The van der Waals surface area contributed by atoms with Crippen molar-refractivity contribution < 1.29 is 34.2 Å². The number of carbonyl (C=O) groups is 3. The molecule has 0 aromatic rings. The highest BCUT2D eigenvalue weighted by molar-refractivity contribution is 5.72. The van der Waals surface area contributed by atoms with Crippen molar-refractivity contribution in [1.29, 1.82) is 0 Å². The van der Waals surface area contributed by atoms with Gasteiger partial charge in [0.05, 0.1) is 12.5 Å². The standard InChI is InChI=1S/C23H41NO6/c1-2-3-4-5-6-7-8-9-10-11-12-13-14-15-16-17-24(18-21(25)26,19-22(27)28)20-23(29)30/h2H,1,3-20H2,(H2-,25,26,27,28,29,30). The number of nitrogens with zero attached hydrogens (tertiary/aromatic N) is 1. The van der Waals surface area contributed by atoms with Crippen LogP contribution in [0.3, 0.4) is 0 Å². The molecule has 0 saturated heterocycles. The first-order chi connectivity index (χ1) is 14.3. The number of quaternary nitrogens is 1. The molecule has 0 aliphatic rings. The molecule has 0 saturated carbocycles. The highest BCUT2D eigenvalue weighted by Gasteiger charge is 2.33. The summed E-state index contributed by atoms with van der Waals surface area (Å²) in [7, 11) is 0. The lowest BCUT2D eigenvalue weighted by Gasteiger charge is -2.36. The minimum absolute atomic E-state index is 0.222. The van der Waals surface area contributed by atoms with Crippen LogP contribution in [0.15, 0.2) is 12.7 Å². The van der Waals surface area contributed by atoms with Gasteiger partial charge in [0.2, 0.25) is 0 Å². The average Bonchev–Trinajstić information content (AvgIpc) is 2.63. The second kappa shape index (κ2) is 17.9. The molecular weight excluding hydrogens is 386 g/mol. The van der Waals surface area contributed by atoms with Crippen molar-refractivity contribution in [3.63, 3.8) is 0 Å². The number of carbonyl (C=O) groups excluding carboxylic acids is 1. The molecule has 0 atom stereocenters. The van der Waals surface area contributed by atoms with Crippen LogP contribution in [0.25, 0.3) is 0 Å². The lowest BCUT2D eigenvalue weighted by Crippen LogP contribution is -2.59. The Balaban J connectivity index is 3.88. The number of allylic oxidation sites excluding steroid dienone is 1. The number of carboxylic acids is 3. The van der Waals surface area contributed by atoms with E-state index in [0.29, 0.717) is 6.42 Å². The molecule has 0 fully saturated rings. The fourth-order valence-electron chi connectivity index (χ4n) is 3.93. The van der Waals surface area contributed by atoms with Crippen LogP contribution >= 0.6 is 0 Å². The van der Waals surface area contributed by atoms with E-state index in [1.807, 2.05) is 6.08 Å². The zero-order chi connectivity index (χ0) is 22.7. The van der Waals surface area contributed by atoms with Gasteiger partial charge in [-0.05, 0) is 25.7 Å². The predicted molar refractivity (Wildman–Crippen MR) is 115 cm³/mol. The van der Waals surface area contributed by atoms with E-state index in [1.165, 1.54) is 57.8 Å². The topological polar surface area (TPSA) is 115 Å². The Hall–Kier alpha value is -1.89. The van der Waals surface area contributed by atoms with Gasteiger partial charge in [0.1, 0.15) is 6.54 Å². The van der Waals surface area contributed by atoms with Gasteiger partial charge in [0, 0.05) is 0 Å². The van der Waals surface area contributed by atoms with Crippen LogP contribution in [0.4, 0.5) is 0 Å². The van der Waals surface area contributed by atoms with Crippen LogP contribution < -0.4 is 5.11 Å². The Labute approximate surface area is 181 Å². The van der Waals surface area contributed by atoms with Gasteiger partial charge in [-0.2, -0.15) is 0 Å². The number of hydrogen-bond acceptors (Lipinski definition) is 4. The van der Waals surface area contributed by atoms with Crippen molar-refractivity contribution >= 4 is 17.9 Å². The molecule has 174 valence electrons. The highest BCUT2D eigenvalue weighted by atomic mass is 16.4. The summed E-state index contributed by atoms with van der Waals surface area (Å²) in [4.78, 5) is 33.2. The average molecular weight is 428 g/mol. The Morgan fingerprint density at radius 2 is 1.03 bits per heavy atom. The largest absolute Gasteiger partial charge is 0.544 e. The van der Waals surface area contributed by atoms with Crippen molar-refractivity contribution in [2.45, 2.75) is 89.9 Å². The van der Waals surface area contributed by atoms with Crippen LogP contribution in [-0.4, -0.2) is 58.8 Å². The van der Waals surface area contributed by atoms with Gasteiger partial charge in [-0.25, -0.2) is 9.59 Å². The quantitative estimate of drug-likeness (QED) is 0.155. The van der Waals surface area contributed by atoms with Gasteiger partial charge in [-0.3, -0.25) is 0 Å². The minimum atomic E-state index is -1.42. The summed E-state index contributed by atoms with van der Waals surface area (Å²) in [5.41, 5.74) is 0. The van der Waals surface area contributed by atoms with Crippen molar-refractivity contribution in [3.05, 3.63) is 12.7 Å². The molecule has 0 aromatic carbocycles. The summed E-state index contributed by atoms with van der Waals surface area (Å²) in [6.07, 6.45) is 18.1. The fraction of sp³-hybridized carbons (Fsp3) is 0.783. The van der Waals surface area contributed by atoms with Gasteiger partial charge in [-0.15, -0.1) is 6.58 Å². The number of aliphatic carboxylic acids is 3. The maximum Gasteiger partial charge on any atom is 0.359 e. The monoisotopic (exact) mass is 427 g/mol. The highest BCUT2D eigenvalue weighted by Crippen LogP contribution is 2.15. The van der Waals surface area contributed by atoms with E-state index < -0.39 is 42.0 Å². The van der Waals surface area contributed by atoms with Crippen LogP contribution in [0.2, 0.25) is 0 Å². The molecular formula is C23H41NO6. The first-order valence-electron chi connectivity index (χ1n) is 11.4. The SMILES string of the molecule is C=CCCCCCCCCCCCCCCC[N+](CC(=O)[O-])(CC(=O)O)CC(=O)O. The Kier molecular flexibility index (Phi) is 16.8. The van der Waals surface area contributed by atoms with E-state index in [9.17, 15) is 19.5 Å². The van der Waals surface area contributed by atoms with Crippen molar-refractivity contribution in [2.24, 2.45) is 0 Å². The van der Waals surface area contributed by atoms with Gasteiger partial charge in [-0.1, -0.05) is 70.3 Å². The molecule has 0 amide bonds. The van der Waals surface area contributed by atoms with E-state index >= 15 is 0 Å². The number of unbranched alkanes of at least 4 members (excludes halogenated alkanes) is 13. The first-order valence-corrected chi connectivity index (χ1v) is 11.4. The molecule has 0 aliphatic carbocycles. The fourth-order valence-corrected chi connectivity index (χ4v) is 3.93. The molecule has 0 unspecified atom stereocenters. The molecule has 0 heterocycles. The van der Waals surface area contributed by atoms with Gasteiger partial charge in [0.15, 0.2) is 13.1 Å². The predicted octanol–water partition coefficient (Wildman–Crippen LogP) is 3.37. The van der Waals surface area contributed by atoms with E-state index in [1.54, 1.807) is 0 Å². The molecule has 7 heteroatoms. The second-order valence-electron chi connectivity index (χ2n) is 8.37. The maximum atomic E-state index is 11.1. The molecule has 7 nitrogen and oxygen atoms in total. The summed E-state index contributed by atoms with van der Waals surface area (Å²) in [5.74, 6) is -3.82. The second-order valence-corrected chi connectivity index (χ2v) is 8.37. The van der Waals surface area contributed by atoms with Crippen molar-refractivity contribution in [1.82, 2.24) is 0 Å². The molecule has 0 spiro atoms. The van der Waals surface area contributed by atoms with Crippen LogP contribution in [-0.2, 0) is 14.4 Å². The van der Waals surface area contributed by atoms with Crippen molar-refractivity contribution in [2.75, 3.05) is 26.2 Å². The third-order valence-electron chi connectivity index (χ3n) is 5.45. The van der Waals surface area contributed by atoms with Gasteiger partial charge in [0.25, 0.3) is 0 Å². The maximum absolute atomic E-state index is 11.1. The third kappa shape index (κ3) is 17.0. The first kappa shape index (κ1) is 28.1. The minimum Gasteiger partial charge on any atom is -0.544 e.